The van der Waals surface area contributed by atoms with Gasteiger partial charge in [0.1, 0.15) is 5.82 Å². The molecule has 10 heteroatoms. The number of H-pyrrole nitrogens is 2. The maximum absolute atomic E-state index is 14.8. The molecule has 0 bridgehead atoms. The van der Waals surface area contributed by atoms with Gasteiger partial charge in [-0.3, -0.25) is 0 Å². The number of para-hydroxylation sites is 1. The molecule has 1 fully saturated rings. The van der Waals surface area contributed by atoms with Crippen LogP contribution in [0.15, 0.2) is 74.6 Å². The second-order valence-corrected chi connectivity index (χ2v) is 14.5. The number of hydrogen-bond acceptors (Lipinski definition) is 6. The standard InChI is InChI=1S/C36H39FIN8/c1-46(2)13-12-40-29-16-25(15-28(37)18-29)30-8-5-9-32-33(30)43-36(42-32)34-31-17-27(22-41-35(31)45-44-34)26-14-24(10-11-38-19-26)21-39-20-23-6-3-4-7-23/h5,8-11,14-19,22-23,39-40H,3-4,6-7,12-13,20-21H2,1-2H3,(H,42,43)(H,41,44,45)/q-1. The van der Waals surface area contributed by atoms with Crippen molar-refractivity contribution in [2.24, 2.45) is 5.92 Å². The van der Waals surface area contributed by atoms with Gasteiger partial charge < -0.3 is 10.2 Å². The van der Waals surface area contributed by atoms with E-state index in [0.29, 0.717) is 11.5 Å². The average molecular weight is 730 g/mol. The van der Waals surface area contributed by atoms with Gasteiger partial charge >= 0.3 is 221 Å². The number of nitrogens with one attached hydrogen (secondary N) is 4. The van der Waals surface area contributed by atoms with Crippen LogP contribution in [0.5, 0.6) is 0 Å². The molecule has 238 valence electrons. The molecule has 0 spiro atoms. The third-order valence-electron chi connectivity index (χ3n) is 8.70. The molecule has 0 radical (unpaired) electrons. The van der Waals surface area contributed by atoms with Gasteiger partial charge in [0.15, 0.2) is 0 Å². The number of aromatic amines is 2. The first-order chi connectivity index (χ1) is 22.5. The molecule has 0 atom stereocenters. The first kappa shape index (κ1) is 30.8. The van der Waals surface area contributed by atoms with Gasteiger partial charge in [0.25, 0.3) is 0 Å². The van der Waals surface area contributed by atoms with Crippen molar-refractivity contribution in [3.8, 4) is 22.6 Å². The van der Waals surface area contributed by atoms with Crippen LogP contribution in [0.4, 0.5) is 10.1 Å². The van der Waals surface area contributed by atoms with Crippen LogP contribution in [0.2, 0.25) is 0 Å². The van der Waals surface area contributed by atoms with Gasteiger partial charge in [-0.25, -0.2) is 4.39 Å². The van der Waals surface area contributed by atoms with Gasteiger partial charge in [-0.2, -0.15) is 0 Å². The molecule has 1 saturated carbocycles. The fourth-order valence-corrected chi connectivity index (χ4v) is 8.09. The van der Waals surface area contributed by atoms with Crippen molar-refractivity contribution in [1.82, 2.24) is 35.4 Å². The number of nitrogens with zero attached hydrogens (tertiary/aromatic N) is 4. The number of benzene rings is 2. The quantitative estimate of drug-likeness (QED) is 0.154. The van der Waals surface area contributed by atoms with Crippen molar-refractivity contribution >= 4 is 33.3 Å². The van der Waals surface area contributed by atoms with E-state index >= 15 is 0 Å². The van der Waals surface area contributed by atoms with Gasteiger partial charge in [0.05, 0.1) is 0 Å². The topological polar surface area (TPSA) is 97.5 Å². The molecular weight excluding hydrogens is 690 g/mol. The van der Waals surface area contributed by atoms with E-state index in [0.717, 1.165) is 76.6 Å². The fourth-order valence-electron chi connectivity index (χ4n) is 6.28. The van der Waals surface area contributed by atoms with E-state index in [-0.39, 0.29) is 27.0 Å². The summed E-state index contributed by atoms with van der Waals surface area (Å²) < 4.78 is 19.4. The van der Waals surface area contributed by atoms with Crippen LogP contribution in [0.25, 0.3) is 50.3 Å². The molecule has 2 aliphatic rings. The normalized spacial score (nSPS) is 15.7. The molecule has 4 N–H and O–H groups in total. The summed E-state index contributed by atoms with van der Waals surface area (Å²) in [6, 6.07) is 13.2. The minimum atomic E-state index is -0.289. The molecule has 0 amide bonds. The Labute approximate surface area is 278 Å². The summed E-state index contributed by atoms with van der Waals surface area (Å²) >= 11 is -0.194. The second kappa shape index (κ2) is 13.9. The third kappa shape index (κ3) is 6.93. The Morgan fingerprint density at radius 1 is 1.09 bits per heavy atom. The van der Waals surface area contributed by atoms with E-state index < -0.39 is 0 Å². The molecule has 1 aliphatic heterocycles. The molecule has 8 nitrogen and oxygen atoms in total. The van der Waals surface area contributed by atoms with E-state index in [1.54, 1.807) is 6.07 Å². The second-order valence-electron chi connectivity index (χ2n) is 12.4. The molecule has 0 saturated heterocycles. The Hall–Kier alpha value is -3.87. The van der Waals surface area contributed by atoms with Crippen molar-refractivity contribution in [3.05, 3.63) is 85.9 Å². The molecular formula is C36H39FIN8-. The van der Waals surface area contributed by atoms with Crippen LogP contribution >= 0.6 is 0 Å². The first-order valence-electron chi connectivity index (χ1n) is 15.9. The van der Waals surface area contributed by atoms with Crippen molar-refractivity contribution in [1.29, 1.82) is 0 Å². The van der Waals surface area contributed by atoms with Crippen molar-refractivity contribution in [2.75, 3.05) is 45.6 Å². The van der Waals surface area contributed by atoms with E-state index in [9.17, 15) is 4.39 Å². The summed E-state index contributed by atoms with van der Waals surface area (Å²) in [5.41, 5.74) is 9.00. The van der Waals surface area contributed by atoms with Crippen LogP contribution in [-0.2, 0) is 0 Å². The Bertz CT molecular complexity index is 1950. The van der Waals surface area contributed by atoms with E-state index in [1.165, 1.54) is 42.9 Å². The van der Waals surface area contributed by atoms with Crippen LogP contribution in [0, 0.1) is 11.7 Å². The maximum atomic E-state index is 14.8. The summed E-state index contributed by atoms with van der Waals surface area (Å²) in [5, 5.41) is 15.6. The van der Waals surface area contributed by atoms with Crippen molar-refractivity contribution in [3.63, 3.8) is 0 Å². The summed E-state index contributed by atoms with van der Waals surface area (Å²) in [6.07, 6.45) is 11.9. The number of imidazole rings is 1. The SMILES string of the molecule is CN(C)CCNc1cc(F)cc(-c2cccc3[nH]c(-c4[nH]nc5ncc(C6=C[I-]C=CC(CNCC7CCCC7)=C6)cc45)nc23)c1. The predicted octanol–water partition coefficient (Wildman–Crippen LogP) is 3.94. The molecule has 0 unspecified atom stereocenters. The number of aromatic nitrogens is 5. The van der Waals surface area contributed by atoms with Gasteiger partial charge in [0.2, 0.25) is 0 Å². The Kier molecular flexibility index (Phi) is 9.27. The van der Waals surface area contributed by atoms with E-state index in [1.807, 2.05) is 44.6 Å². The zero-order valence-corrected chi connectivity index (χ0v) is 28.4. The molecule has 3 aromatic heterocycles. The van der Waals surface area contributed by atoms with Crippen LogP contribution in [0.3, 0.4) is 0 Å². The summed E-state index contributed by atoms with van der Waals surface area (Å²) in [6.45, 7) is 3.54. The van der Waals surface area contributed by atoms with E-state index in [2.05, 4.69) is 57.1 Å². The van der Waals surface area contributed by atoms with E-state index in [4.69, 9.17) is 9.97 Å². The Morgan fingerprint density at radius 2 is 1.98 bits per heavy atom. The molecule has 46 heavy (non-hydrogen) atoms. The number of fused-ring (bicyclic) bond motifs is 2. The first-order valence-corrected chi connectivity index (χ1v) is 18.4. The molecule has 2 aromatic carbocycles. The van der Waals surface area contributed by atoms with Crippen molar-refractivity contribution in [2.45, 2.75) is 25.7 Å². The van der Waals surface area contributed by atoms with Crippen LogP contribution in [-0.4, -0.2) is 70.3 Å². The molecule has 4 heterocycles. The number of rotatable bonds is 11. The van der Waals surface area contributed by atoms with Gasteiger partial charge in [0, 0.05) is 18.8 Å². The minimum absolute atomic E-state index is 0.194. The summed E-state index contributed by atoms with van der Waals surface area (Å²) in [4.78, 5) is 15.3. The average Bonchev–Trinajstić information content (AvgIpc) is 3.78. The zero-order chi connectivity index (χ0) is 31.5. The van der Waals surface area contributed by atoms with Gasteiger partial charge in [-0.15, -0.1) is 0 Å². The number of halogens is 2. The zero-order valence-electron chi connectivity index (χ0n) is 26.2. The predicted molar refractivity (Wildman–Crippen MR) is 181 cm³/mol. The number of likely N-dealkylation sites (N-methyl/N-ethyl adjacent to an activating group) is 1. The monoisotopic (exact) mass is 729 g/mol. The summed E-state index contributed by atoms with van der Waals surface area (Å²) in [7, 11) is 4.04. The fraction of sp³-hybridized carbons (Fsp3) is 0.306. The molecule has 1 aliphatic carbocycles. The summed E-state index contributed by atoms with van der Waals surface area (Å²) in [5.74, 6) is 1.20. The van der Waals surface area contributed by atoms with Gasteiger partial charge in [-0.05, 0) is 20.2 Å². The molecule has 7 rings (SSSR count). The number of hydrogen-bond donors (Lipinski definition) is 4. The number of pyridine rings is 1. The Balaban J connectivity index is 1.17. The van der Waals surface area contributed by atoms with Crippen LogP contribution < -0.4 is 31.8 Å². The third-order valence-corrected chi connectivity index (χ3v) is 10.5. The van der Waals surface area contributed by atoms with Gasteiger partial charge in [-0.1, -0.05) is 0 Å². The number of allylic oxidation sites excluding steroid dienone is 2. The molecule has 5 aromatic rings. The van der Waals surface area contributed by atoms with Crippen LogP contribution in [0.1, 0.15) is 31.2 Å². The Morgan fingerprint density at radius 3 is 2.85 bits per heavy atom. The van der Waals surface area contributed by atoms with Crippen molar-refractivity contribution < 1.29 is 25.6 Å². The number of anilines is 1.